The van der Waals surface area contributed by atoms with Crippen molar-refractivity contribution in [2.45, 2.75) is 50.6 Å². The van der Waals surface area contributed by atoms with Crippen molar-refractivity contribution in [3.05, 3.63) is 30.1 Å². The van der Waals surface area contributed by atoms with Crippen molar-refractivity contribution >= 4 is 5.91 Å². The summed E-state index contributed by atoms with van der Waals surface area (Å²) >= 11 is 0. The van der Waals surface area contributed by atoms with Crippen molar-refractivity contribution in [2.75, 3.05) is 0 Å². The number of nitrogens with zero attached hydrogens (tertiary/aromatic N) is 1. The summed E-state index contributed by atoms with van der Waals surface area (Å²) in [6.07, 6.45) is 8.46. The molecule has 3 N–H and O–H groups in total. The molecule has 0 aliphatic heterocycles. The van der Waals surface area contributed by atoms with Gasteiger partial charge >= 0.3 is 0 Å². The minimum atomic E-state index is -0.0639. The second kappa shape index (κ2) is 4.93. The molecule has 0 saturated heterocycles. The molecule has 3 atom stereocenters. The number of amides is 1. The molecule has 1 amide bonds. The van der Waals surface area contributed by atoms with Crippen molar-refractivity contribution < 1.29 is 4.79 Å². The monoisotopic (exact) mass is 259 g/mol. The van der Waals surface area contributed by atoms with Crippen LogP contribution in [0.1, 0.15) is 49.0 Å². The summed E-state index contributed by atoms with van der Waals surface area (Å²) in [4.78, 5) is 16.3. The Kier molecular flexibility index (Phi) is 3.27. The van der Waals surface area contributed by atoms with Crippen molar-refractivity contribution in [2.24, 2.45) is 11.1 Å². The third kappa shape index (κ3) is 2.14. The van der Waals surface area contributed by atoms with Crippen LogP contribution in [0, 0.1) is 5.41 Å². The lowest BCUT2D eigenvalue weighted by Gasteiger charge is -2.35. The summed E-state index contributed by atoms with van der Waals surface area (Å²) in [5.74, 6) is -0.0639. The van der Waals surface area contributed by atoms with Crippen LogP contribution in [0.5, 0.6) is 0 Å². The summed E-state index contributed by atoms with van der Waals surface area (Å²) in [6.45, 7) is 0. The van der Waals surface area contributed by atoms with Crippen LogP contribution in [0.2, 0.25) is 0 Å². The zero-order chi connectivity index (χ0) is 13.3. The zero-order valence-electron chi connectivity index (χ0n) is 11.1. The Labute approximate surface area is 113 Å². The highest BCUT2D eigenvalue weighted by Crippen LogP contribution is 2.49. The Morgan fingerprint density at radius 3 is 2.74 bits per heavy atom. The second-order valence-electron chi connectivity index (χ2n) is 5.87. The van der Waals surface area contributed by atoms with E-state index in [1.807, 2.05) is 12.1 Å². The van der Waals surface area contributed by atoms with E-state index in [0.717, 1.165) is 25.7 Å². The number of rotatable bonds is 2. The predicted octanol–water partition coefficient (Wildman–Crippen LogP) is 1.86. The van der Waals surface area contributed by atoms with Gasteiger partial charge in [0, 0.05) is 23.7 Å². The molecule has 2 aliphatic rings. The van der Waals surface area contributed by atoms with Crippen LogP contribution in [0.15, 0.2) is 24.4 Å². The van der Waals surface area contributed by atoms with E-state index < -0.39 is 0 Å². The molecule has 0 unspecified atom stereocenters. The first-order valence-corrected chi connectivity index (χ1v) is 7.20. The van der Waals surface area contributed by atoms with Crippen LogP contribution in [0.3, 0.4) is 0 Å². The first-order valence-electron chi connectivity index (χ1n) is 7.20. The Bertz CT molecular complexity index is 458. The summed E-state index contributed by atoms with van der Waals surface area (Å²) in [5.41, 5.74) is 6.95. The molecule has 19 heavy (non-hydrogen) atoms. The van der Waals surface area contributed by atoms with E-state index in [0.29, 0.717) is 5.69 Å². The van der Waals surface area contributed by atoms with Gasteiger partial charge in [-0.05, 0) is 37.8 Å². The molecule has 2 saturated carbocycles. The van der Waals surface area contributed by atoms with Gasteiger partial charge in [-0.15, -0.1) is 0 Å². The van der Waals surface area contributed by atoms with E-state index in [1.165, 1.54) is 12.8 Å². The summed E-state index contributed by atoms with van der Waals surface area (Å²) < 4.78 is 0. The summed E-state index contributed by atoms with van der Waals surface area (Å²) in [5, 5.41) is 3.18. The van der Waals surface area contributed by atoms with Crippen molar-refractivity contribution in [3.8, 4) is 0 Å². The van der Waals surface area contributed by atoms with Crippen molar-refractivity contribution in [3.63, 3.8) is 0 Å². The van der Waals surface area contributed by atoms with E-state index in [-0.39, 0.29) is 23.4 Å². The summed E-state index contributed by atoms with van der Waals surface area (Å²) in [6, 6.07) is 5.88. The minimum Gasteiger partial charge on any atom is -0.347 e. The van der Waals surface area contributed by atoms with Crippen LogP contribution in [0.25, 0.3) is 0 Å². The molecule has 0 aromatic carbocycles. The van der Waals surface area contributed by atoms with Crippen molar-refractivity contribution in [1.82, 2.24) is 10.3 Å². The van der Waals surface area contributed by atoms with E-state index >= 15 is 0 Å². The smallest absolute Gasteiger partial charge is 0.270 e. The maximum Gasteiger partial charge on any atom is 0.270 e. The third-order valence-electron chi connectivity index (χ3n) is 4.93. The Hall–Kier alpha value is -1.42. The molecule has 3 rings (SSSR count). The largest absolute Gasteiger partial charge is 0.347 e. The first kappa shape index (κ1) is 12.6. The molecule has 2 fully saturated rings. The van der Waals surface area contributed by atoms with Gasteiger partial charge < -0.3 is 11.1 Å². The molecule has 1 aromatic heterocycles. The van der Waals surface area contributed by atoms with Crippen LogP contribution in [-0.4, -0.2) is 23.0 Å². The fourth-order valence-corrected chi connectivity index (χ4v) is 3.91. The van der Waals surface area contributed by atoms with Gasteiger partial charge in [-0.3, -0.25) is 9.78 Å². The van der Waals surface area contributed by atoms with Crippen LogP contribution in [0.4, 0.5) is 0 Å². The van der Waals surface area contributed by atoms with Crippen LogP contribution < -0.4 is 11.1 Å². The molecule has 1 heterocycles. The third-order valence-corrected chi connectivity index (χ3v) is 4.93. The van der Waals surface area contributed by atoms with E-state index in [1.54, 1.807) is 12.3 Å². The molecule has 0 radical (unpaired) electrons. The molecule has 1 aromatic rings. The number of hydrogen-bond acceptors (Lipinski definition) is 3. The highest BCUT2D eigenvalue weighted by Gasteiger charge is 2.50. The van der Waals surface area contributed by atoms with E-state index in [2.05, 4.69) is 10.3 Å². The number of nitrogens with two attached hydrogens (primary N) is 1. The van der Waals surface area contributed by atoms with E-state index in [4.69, 9.17) is 5.73 Å². The molecular weight excluding hydrogens is 238 g/mol. The lowest BCUT2D eigenvalue weighted by molar-refractivity contribution is 0.0884. The number of carbonyl (C=O) groups is 1. The Morgan fingerprint density at radius 2 is 2.11 bits per heavy atom. The van der Waals surface area contributed by atoms with Gasteiger partial charge in [-0.25, -0.2) is 0 Å². The highest BCUT2D eigenvalue weighted by atomic mass is 16.1. The molecule has 4 nitrogen and oxygen atoms in total. The topological polar surface area (TPSA) is 68.0 Å². The quantitative estimate of drug-likeness (QED) is 0.852. The van der Waals surface area contributed by atoms with Gasteiger partial charge in [0.05, 0.1) is 0 Å². The molecule has 1 spiro atoms. The maximum atomic E-state index is 12.2. The molecule has 0 bridgehead atoms. The molecule has 2 aliphatic carbocycles. The van der Waals surface area contributed by atoms with Gasteiger partial charge in [-0.1, -0.05) is 18.9 Å². The lowest BCUT2D eigenvalue weighted by atomic mass is 9.77. The average molecular weight is 259 g/mol. The fourth-order valence-electron chi connectivity index (χ4n) is 3.91. The van der Waals surface area contributed by atoms with Crippen LogP contribution >= 0.6 is 0 Å². The molecule has 102 valence electrons. The zero-order valence-corrected chi connectivity index (χ0v) is 11.1. The van der Waals surface area contributed by atoms with Crippen LogP contribution in [-0.2, 0) is 0 Å². The van der Waals surface area contributed by atoms with Gasteiger partial charge in [0.15, 0.2) is 0 Å². The number of nitrogens with one attached hydrogen (secondary N) is 1. The standard InChI is InChI=1S/C15H21N3O/c16-12-6-3-8-15(12)9-4-7-13(15)18-14(19)11-5-1-2-10-17-11/h1-2,5,10,12-13H,3-4,6-9,16H2,(H,18,19)/t12-,13-,15-/m1/s1. The summed E-state index contributed by atoms with van der Waals surface area (Å²) in [7, 11) is 0. The number of carbonyl (C=O) groups excluding carboxylic acids is 1. The van der Waals surface area contributed by atoms with Gasteiger partial charge in [0.25, 0.3) is 5.91 Å². The van der Waals surface area contributed by atoms with Crippen molar-refractivity contribution in [1.29, 1.82) is 0 Å². The lowest BCUT2D eigenvalue weighted by Crippen LogP contribution is -2.51. The Balaban J connectivity index is 1.74. The number of aromatic nitrogens is 1. The number of pyridine rings is 1. The minimum absolute atomic E-state index is 0.0639. The SMILES string of the molecule is N[C@@H]1CCC[C@@]12CCC[C@H]2NC(=O)c1ccccn1. The van der Waals surface area contributed by atoms with Gasteiger partial charge in [0.2, 0.25) is 0 Å². The predicted molar refractivity (Wildman–Crippen MR) is 73.6 cm³/mol. The molecule has 4 heteroatoms. The van der Waals surface area contributed by atoms with E-state index in [9.17, 15) is 4.79 Å². The number of hydrogen-bond donors (Lipinski definition) is 2. The Morgan fingerprint density at radius 1 is 1.32 bits per heavy atom. The maximum absolute atomic E-state index is 12.2. The second-order valence-corrected chi connectivity index (χ2v) is 5.87. The normalized spacial score (nSPS) is 33.7. The average Bonchev–Trinajstić information content (AvgIpc) is 3.00. The highest BCUT2D eigenvalue weighted by molar-refractivity contribution is 5.92. The van der Waals surface area contributed by atoms with Gasteiger partial charge in [-0.2, -0.15) is 0 Å². The van der Waals surface area contributed by atoms with Gasteiger partial charge in [0.1, 0.15) is 5.69 Å². The first-order chi connectivity index (χ1) is 9.22. The fraction of sp³-hybridized carbons (Fsp3) is 0.600. The molecular formula is C15H21N3O.